The van der Waals surface area contributed by atoms with Crippen LogP contribution < -0.4 is 5.56 Å². The van der Waals surface area contributed by atoms with Gasteiger partial charge in [-0.25, -0.2) is 4.68 Å². The molecule has 0 atom stereocenters. The van der Waals surface area contributed by atoms with Gasteiger partial charge in [0, 0.05) is 18.7 Å². The average Bonchev–Trinajstić information content (AvgIpc) is 3.12. The number of carbonyl (C=O) groups excluding carboxylic acids is 1. The third kappa shape index (κ3) is 3.55. The van der Waals surface area contributed by atoms with Crippen molar-refractivity contribution in [3.63, 3.8) is 0 Å². The Morgan fingerprint density at radius 3 is 2.54 bits per heavy atom. The highest BCUT2D eigenvalue weighted by molar-refractivity contribution is 5.92. The number of amides is 1. The van der Waals surface area contributed by atoms with E-state index in [0.29, 0.717) is 24.8 Å². The van der Waals surface area contributed by atoms with Crippen molar-refractivity contribution in [2.24, 2.45) is 0 Å². The van der Waals surface area contributed by atoms with Crippen LogP contribution in [0, 0.1) is 0 Å². The molecular weight excluding hydrogens is 302 g/mol. The first-order valence-corrected chi connectivity index (χ1v) is 8.62. The molecule has 5 nitrogen and oxygen atoms in total. The Bertz CT molecular complexity index is 749. The Morgan fingerprint density at radius 1 is 1.17 bits per heavy atom. The molecular formula is C19H23N3O2. The van der Waals surface area contributed by atoms with Gasteiger partial charge < -0.3 is 4.90 Å². The topological polar surface area (TPSA) is 55.2 Å². The molecule has 3 rings (SSSR count). The molecule has 1 amide bonds. The van der Waals surface area contributed by atoms with E-state index in [1.165, 1.54) is 23.6 Å². The summed E-state index contributed by atoms with van der Waals surface area (Å²) in [5.74, 6) is -0.0776. The molecule has 0 bridgehead atoms. The summed E-state index contributed by atoms with van der Waals surface area (Å²) in [5, 5.41) is 4.32. The van der Waals surface area contributed by atoms with Gasteiger partial charge >= 0.3 is 0 Å². The van der Waals surface area contributed by atoms with Gasteiger partial charge in [-0.2, -0.15) is 5.10 Å². The standard InChI is InChI=1S/C19H23N3O2/c1-2-21(16-10-6-7-11-16)19(24)17-12-13-18(23)22(20-17)14-15-8-4-3-5-9-15/h3-5,8-9,12-13,16H,2,6-7,10-11,14H2,1H3. The SMILES string of the molecule is CCN(C(=O)c1ccc(=O)n(Cc2ccccc2)n1)C1CCCC1. The van der Waals surface area contributed by atoms with Crippen molar-refractivity contribution < 1.29 is 4.79 Å². The number of rotatable bonds is 5. The van der Waals surface area contributed by atoms with Crippen LogP contribution in [0.15, 0.2) is 47.3 Å². The Balaban J connectivity index is 1.84. The summed E-state index contributed by atoms with van der Waals surface area (Å²) in [7, 11) is 0. The molecule has 1 aliphatic carbocycles. The van der Waals surface area contributed by atoms with E-state index in [1.807, 2.05) is 42.2 Å². The molecule has 5 heteroatoms. The fourth-order valence-corrected chi connectivity index (χ4v) is 3.36. The van der Waals surface area contributed by atoms with E-state index in [2.05, 4.69) is 5.10 Å². The molecule has 24 heavy (non-hydrogen) atoms. The van der Waals surface area contributed by atoms with Crippen LogP contribution in [0.1, 0.15) is 48.7 Å². The molecule has 0 spiro atoms. The Labute approximate surface area is 141 Å². The van der Waals surface area contributed by atoms with Gasteiger partial charge in [0.1, 0.15) is 5.69 Å². The smallest absolute Gasteiger partial charge is 0.274 e. The molecule has 1 fully saturated rings. The van der Waals surface area contributed by atoms with Crippen molar-refractivity contribution in [1.82, 2.24) is 14.7 Å². The monoisotopic (exact) mass is 325 g/mol. The first kappa shape index (κ1) is 16.4. The summed E-state index contributed by atoms with van der Waals surface area (Å²) in [6.07, 6.45) is 4.47. The normalized spacial score (nSPS) is 14.7. The van der Waals surface area contributed by atoms with Crippen molar-refractivity contribution >= 4 is 5.91 Å². The minimum atomic E-state index is -0.195. The van der Waals surface area contributed by atoms with Gasteiger partial charge in [0.25, 0.3) is 11.5 Å². The number of carbonyl (C=O) groups is 1. The number of nitrogens with zero attached hydrogens (tertiary/aromatic N) is 3. The molecule has 0 N–H and O–H groups in total. The van der Waals surface area contributed by atoms with Crippen LogP contribution in [0.25, 0.3) is 0 Å². The van der Waals surface area contributed by atoms with E-state index < -0.39 is 0 Å². The molecule has 1 saturated carbocycles. The number of hydrogen-bond donors (Lipinski definition) is 0. The molecule has 0 aliphatic heterocycles. The van der Waals surface area contributed by atoms with E-state index in [9.17, 15) is 9.59 Å². The second kappa shape index (κ2) is 7.43. The molecule has 0 unspecified atom stereocenters. The summed E-state index contributed by atoms with van der Waals surface area (Å²) in [6.45, 7) is 3.04. The molecule has 1 heterocycles. The van der Waals surface area contributed by atoms with Crippen LogP contribution in [0.2, 0.25) is 0 Å². The van der Waals surface area contributed by atoms with E-state index in [0.717, 1.165) is 18.4 Å². The van der Waals surface area contributed by atoms with Crippen molar-refractivity contribution in [1.29, 1.82) is 0 Å². The van der Waals surface area contributed by atoms with Gasteiger partial charge in [-0.3, -0.25) is 9.59 Å². The van der Waals surface area contributed by atoms with Crippen molar-refractivity contribution in [2.45, 2.75) is 45.2 Å². The maximum Gasteiger partial charge on any atom is 0.274 e. The molecule has 1 aromatic carbocycles. The zero-order valence-electron chi connectivity index (χ0n) is 14.0. The van der Waals surface area contributed by atoms with Gasteiger partial charge in [-0.05, 0) is 31.4 Å². The van der Waals surface area contributed by atoms with E-state index in [-0.39, 0.29) is 11.5 Å². The van der Waals surface area contributed by atoms with Crippen LogP contribution in [0.5, 0.6) is 0 Å². The molecule has 2 aromatic rings. The Morgan fingerprint density at radius 2 is 1.88 bits per heavy atom. The summed E-state index contributed by atoms with van der Waals surface area (Å²) >= 11 is 0. The third-order valence-electron chi connectivity index (χ3n) is 4.63. The molecule has 0 radical (unpaired) electrons. The molecule has 0 saturated heterocycles. The molecule has 126 valence electrons. The fraction of sp³-hybridized carbons (Fsp3) is 0.421. The Kier molecular flexibility index (Phi) is 5.08. The highest BCUT2D eigenvalue weighted by atomic mass is 16.2. The lowest BCUT2D eigenvalue weighted by molar-refractivity contribution is 0.0684. The number of hydrogen-bond acceptors (Lipinski definition) is 3. The van der Waals surface area contributed by atoms with Gasteiger partial charge in [0.15, 0.2) is 0 Å². The summed E-state index contributed by atoms with van der Waals surface area (Å²) in [4.78, 5) is 26.8. The van der Waals surface area contributed by atoms with Gasteiger partial charge in [0.2, 0.25) is 0 Å². The van der Waals surface area contributed by atoms with Crippen LogP contribution >= 0.6 is 0 Å². The maximum atomic E-state index is 12.8. The number of benzene rings is 1. The Hall–Kier alpha value is -2.43. The second-order valence-electron chi connectivity index (χ2n) is 6.23. The van der Waals surface area contributed by atoms with Crippen LogP contribution in [-0.4, -0.2) is 33.2 Å². The lowest BCUT2D eigenvalue weighted by Gasteiger charge is -2.27. The van der Waals surface area contributed by atoms with Crippen LogP contribution in [-0.2, 0) is 6.54 Å². The van der Waals surface area contributed by atoms with Crippen LogP contribution in [0.3, 0.4) is 0 Å². The predicted molar refractivity (Wildman–Crippen MR) is 93.0 cm³/mol. The minimum absolute atomic E-state index is 0.0776. The summed E-state index contributed by atoms with van der Waals surface area (Å²) in [6, 6.07) is 13.0. The van der Waals surface area contributed by atoms with Crippen molar-refractivity contribution in [2.75, 3.05) is 6.54 Å². The highest BCUT2D eigenvalue weighted by Gasteiger charge is 2.27. The van der Waals surface area contributed by atoms with Crippen LogP contribution in [0.4, 0.5) is 0 Å². The maximum absolute atomic E-state index is 12.8. The minimum Gasteiger partial charge on any atom is -0.335 e. The zero-order valence-corrected chi connectivity index (χ0v) is 14.0. The largest absolute Gasteiger partial charge is 0.335 e. The first-order chi connectivity index (χ1) is 11.7. The van der Waals surface area contributed by atoms with Gasteiger partial charge in [-0.15, -0.1) is 0 Å². The van der Waals surface area contributed by atoms with E-state index >= 15 is 0 Å². The zero-order chi connectivity index (χ0) is 16.9. The lowest BCUT2D eigenvalue weighted by atomic mass is 10.2. The molecule has 1 aromatic heterocycles. The summed E-state index contributed by atoms with van der Waals surface area (Å²) in [5.41, 5.74) is 1.14. The molecule has 1 aliphatic rings. The number of aromatic nitrogens is 2. The lowest BCUT2D eigenvalue weighted by Crippen LogP contribution is -2.40. The third-order valence-corrected chi connectivity index (χ3v) is 4.63. The average molecular weight is 325 g/mol. The first-order valence-electron chi connectivity index (χ1n) is 8.62. The quantitative estimate of drug-likeness (QED) is 0.849. The highest BCUT2D eigenvalue weighted by Crippen LogP contribution is 2.24. The summed E-state index contributed by atoms with van der Waals surface area (Å²) < 4.78 is 1.37. The second-order valence-corrected chi connectivity index (χ2v) is 6.23. The van der Waals surface area contributed by atoms with Gasteiger partial charge in [0.05, 0.1) is 6.54 Å². The fourth-order valence-electron chi connectivity index (χ4n) is 3.36. The van der Waals surface area contributed by atoms with E-state index in [4.69, 9.17) is 0 Å². The van der Waals surface area contributed by atoms with Gasteiger partial charge in [-0.1, -0.05) is 43.2 Å². The van der Waals surface area contributed by atoms with E-state index in [1.54, 1.807) is 6.07 Å². The van der Waals surface area contributed by atoms with Crippen molar-refractivity contribution in [3.8, 4) is 0 Å². The van der Waals surface area contributed by atoms with Crippen molar-refractivity contribution in [3.05, 3.63) is 64.1 Å². The predicted octanol–water partition coefficient (Wildman–Crippen LogP) is 2.70.